The lowest BCUT2D eigenvalue weighted by atomic mass is 10.2. The van der Waals surface area contributed by atoms with Crippen molar-refractivity contribution in [1.29, 1.82) is 0 Å². The number of aromatic nitrogens is 1. The second-order valence-electron chi connectivity index (χ2n) is 7.29. The van der Waals surface area contributed by atoms with Gasteiger partial charge in [-0.3, -0.25) is 14.4 Å². The lowest BCUT2D eigenvalue weighted by Gasteiger charge is -2.20. The fourth-order valence-electron chi connectivity index (χ4n) is 3.74. The number of nitrogens with one attached hydrogen (secondary N) is 1. The number of rotatable bonds is 6. The van der Waals surface area contributed by atoms with Gasteiger partial charge in [0.2, 0.25) is 0 Å². The summed E-state index contributed by atoms with van der Waals surface area (Å²) in [5.74, 6) is -0.207. The summed E-state index contributed by atoms with van der Waals surface area (Å²) in [5.41, 5.74) is 2.56. The number of thiophene rings is 1. The summed E-state index contributed by atoms with van der Waals surface area (Å²) in [7, 11) is -2.41. The third-order valence-electron chi connectivity index (χ3n) is 5.35. The van der Waals surface area contributed by atoms with Crippen molar-refractivity contribution in [2.24, 2.45) is 0 Å². The molecule has 3 heterocycles. The van der Waals surface area contributed by atoms with Crippen LogP contribution in [0, 0.1) is 0 Å². The summed E-state index contributed by atoms with van der Waals surface area (Å²) < 4.78 is 33.5. The number of nitrogens with zero attached hydrogens (tertiary/aromatic N) is 2. The first-order chi connectivity index (χ1) is 16.0. The summed E-state index contributed by atoms with van der Waals surface area (Å²) in [5, 5.41) is 7.01. The highest BCUT2D eigenvalue weighted by atomic mass is 32.2. The first kappa shape index (κ1) is 21.6. The molecule has 1 amide bonds. The van der Waals surface area contributed by atoms with Crippen molar-refractivity contribution in [3.05, 3.63) is 76.5 Å². The number of hydrogen-bond donors (Lipinski definition) is 1. The van der Waals surface area contributed by atoms with E-state index in [2.05, 4.69) is 10.3 Å². The quantitative estimate of drug-likeness (QED) is 0.410. The topological polar surface area (TPSA) is 88.6 Å². The van der Waals surface area contributed by atoms with Crippen LogP contribution < -0.4 is 14.4 Å². The second-order valence-corrected chi connectivity index (χ2v) is 11.0. The molecule has 0 saturated carbocycles. The number of carbonyl (C=O) groups is 1. The van der Waals surface area contributed by atoms with Crippen LogP contribution in [0.2, 0.25) is 0 Å². The van der Waals surface area contributed by atoms with Gasteiger partial charge in [0.15, 0.2) is 5.13 Å². The Morgan fingerprint density at radius 2 is 1.97 bits per heavy atom. The number of benzene rings is 2. The highest BCUT2D eigenvalue weighted by molar-refractivity contribution is 7.92. The van der Waals surface area contributed by atoms with E-state index < -0.39 is 15.9 Å². The van der Waals surface area contributed by atoms with Crippen LogP contribution in [-0.4, -0.2) is 33.0 Å². The molecule has 0 radical (unpaired) electrons. The first-order valence-corrected chi connectivity index (χ1v) is 13.3. The van der Waals surface area contributed by atoms with Crippen LogP contribution in [-0.2, 0) is 16.4 Å². The van der Waals surface area contributed by atoms with Gasteiger partial charge >= 0.3 is 0 Å². The molecular formula is C23H19N3O4S3. The summed E-state index contributed by atoms with van der Waals surface area (Å²) in [6, 6.07) is 15.7. The third-order valence-corrected chi connectivity index (χ3v) is 8.81. The number of carbonyl (C=O) groups excluding carboxylic acids is 1. The number of sulfonamides is 1. The lowest BCUT2D eigenvalue weighted by molar-refractivity contribution is 0.102. The van der Waals surface area contributed by atoms with Gasteiger partial charge in [-0.15, -0.1) is 22.7 Å². The van der Waals surface area contributed by atoms with Gasteiger partial charge in [-0.25, -0.2) is 13.4 Å². The molecule has 1 aliphatic rings. The maximum Gasteiger partial charge on any atom is 0.264 e. The Morgan fingerprint density at radius 3 is 2.76 bits per heavy atom. The summed E-state index contributed by atoms with van der Waals surface area (Å²) in [4.78, 5) is 18.6. The van der Waals surface area contributed by atoms with Crippen molar-refractivity contribution < 1.29 is 17.9 Å². The lowest BCUT2D eigenvalue weighted by Crippen LogP contribution is -2.29. The SMILES string of the molecule is COc1ccc(S(=O)(=O)N2CCc3ccccc32)cc1C(=O)Nc1nc(-c2cccs2)cs1. The first-order valence-electron chi connectivity index (χ1n) is 10.1. The molecule has 0 fully saturated rings. The molecule has 2 aromatic carbocycles. The van der Waals surface area contributed by atoms with E-state index in [0.717, 1.165) is 16.1 Å². The van der Waals surface area contributed by atoms with Crippen molar-refractivity contribution in [2.75, 3.05) is 23.3 Å². The van der Waals surface area contributed by atoms with Gasteiger partial charge in [-0.05, 0) is 47.7 Å². The molecule has 0 bridgehead atoms. The summed E-state index contributed by atoms with van der Waals surface area (Å²) >= 11 is 2.87. The minimum atomic E-state index is -3.85. The van der Waals surface area contributed by atoms with Crippen LogP contribution in [0.1, 0.15) is 15.9 Å². The molecule has 2 aromatic heterocycles. The molecule has 10 heteroatoms. The van der Waals surface area contributed by atoms with Crippen molar-refractivity contribution in [2.45, 2.75) is 11.3 Å². The van der Waals surface area contributed by atoms with Crippen molar-refractivity contribution in [3.63, 3.8) is 0 Å². The van der Waals surface area contributed by atoms with Crippen LogP contribution >= 0.6 is 22.7 Å². The number of thiazole rings is 1. The number of fused-ring (bicyclic) bond motifs is 1. The summed E-state index contributed by atoms with van der Waals surface area (Å²) in [6.45, 7) is 0.361. The van der Waals surface area contributed by atoms with E-state index in [1.807, 2.05) is 41.1 Å². The van der Waals surface area contributed by atoms with Crippen LogP contribution in [0.4, 0.5) is 10.8 Å². The predicted molar refractivity (Wildman–Crippen MR) is 131 cm³/mol. The maximum absolute atomic E-state index is 13.4. The van der Waals surface area contributed by atoms with Crippen molar-refractivity contribution in [3.8, 4) is 16.3 Å². The number of ether oxygens (including phenoxy) is 1. The molecular weight excluding hydrogens is 478 g/mol. The van der Waals surface area contributed by atoms with Crippen molar-refractivity contribution >= 4 is 49.4 Å². The molecule has 4 aromatic rings. The third kappa shape index (κ3) is 4.01. The zero-order chi connectivity index (χ0) is 23.0. The van der Waals surface area contributed by atoms with E-state index >= 15 is 0 Å². The number of hydrogen-bond acceptors (Lipinski definition) is 7. The highest BCUT2D eigenvalue weighted by Gasteiger charge is 2.31. The standard InChI is InChI=1S/C23H19N3O4S3/c1-30-20-9-8-16(33(28,29)26-11-10-15-5-2-3-6-19(15)26)13-17(20)22(27)25-23-24-18(14-32-23)21-7-4-12-31-21/h2-9,12-14H,10-11H2,1H3,(H,24,25,27). The number of para-hydroxylation sites is 1. The Balaban J connectivity index is 1.44. The molecule has 7 nitrogen and oxygen atoms in total. The van der Waals surface area contributed by atoms with E-state index in [-0.39, 0.29) is 16.2 Å². The molecule has 0 aliphatic carbocycles. The zero-order valence-electron chi connectivity index (χ0n) is 17.5. The summed E-state index contributed by atoms with van der Waals surface area (Å²) in [6.07, 6.45) is 0.648. The van der Waals surface area contributed by atoms with Crippen molar-refractivity contribution in [1.82, 2.24) is 4.98 Å². The Hall–Kier alpha value is -3.21. The fourth-order valence-corrected chi connectivity index (χ4v) is 6.74. The molecule has 0 saturated heterocycles. The molecule has 0 spiro atoms. The number of amides is 1. The normalized spacial score (nSPS) is 13.1. The predicted octanol–water partition coefficient (Wildman–Crippen LogP) is 4.88. The molecule has 1 N–H and O–H groups in total. The molecule has 1 aliphatic heterocycles. The van der Waals surface area contributed by atoms with E-state index in [9.17, 15) is 13.2 Å². The Labute approximate surface area is 199 Å². The minimum Gasteiger partial charge on any atom is -0.496 e. The van der Waals surface area contributed by atoms with Gasteiger partial charge in [0.05, 0.1) is 33.8 Å². The fraction of sp³-hybridized carbons (Fsp3) is 0.130. The maximum atomic E-state index is 13.4. The molecule has 33 heavy (non-hydrogen) atoms. The average molecular weight is 498 g/mol. The largest absolute Gasteiger partial charge is 0.496 e. The van der Waals surface area contributed by atoms with Gasteiger partial charge in [0.1, 0.15) is 5.75 Å². The van der Waals surface area contributed by atoms with E-state index in [1.165, 1.54) is 41.0 Å². The van der Waals surface area contributed by atoms with Gasteiger partial charge in [0.25, 0.3) is 15.9 Å². The Morgan fingerprint density at radius 1 is 1.12 bits per heavy atom. The van der Waals surface area contributed by atoms with Gasteiger partial charge in [-0.2, -0.15) is 0 Å². The molecule has 0 unspecified atom stereocenters. The number of anilines is 2. The van der Waals surface area contributed by atoms with E-state index in [0.29, 0.717) is 23.8 Å². The van der Waals surface area contributed by atoms with Gasteiger partial charge in [-0.1, -0.05) is 24.3 Å². The van der Waals surface area contributed by atoms with Crippen LogP contribution in [0.25, 0.3) is 10.6 Å². The smallest absolute Gasteiger partial charge is 0.264 e. The van der Waals surface area contributed by atoms with E-state index in [1.54, 1.807) is 17.4 Å². The average Bonchev–Trinajstić information content (AvgIpc) is 3.59. The number of methoxy groups -OCH3 is 1. The molecule has 0 atom stereocenters. The van der Waals surface area contributed by atoms with Crippen LogP contribution in [0.15, 0.2) is 70.3 Å². The van der Waals surface area contributed by atoms with Gasteiger partial charge in [0, 0.05) is 11.9 Å². The van der Waals surface area contributed by atoms with Gasteiger partial charge < -0.3 is 4.74 Å². The molecule has 5 rings (SSSR count). The monoisotopic (exact) mass is 497 g/mol. The second kappa shape index (κ2) is 8.62. The van der Waals surface area contributed by atoms with Crippen LogP contribution in [0.5, 0.6) is 5.75 Å². The highest BCUT2D eigenvalue weighted by Crippen LogP contribution is 2.34. The molecule has 168 valence electrons. The Bertz CT molecular complexity index is 1430. The minimum absolute atomic E-state index is 0.0311. The van der Waals surface area contributed by atoms with Crippen LogP contribution in [0.3, 0.4) is 0 Å². The zero-order valence-corrected chi connectivity index (χ0v) is 20.0. The van der Waals surface area contributed by atoms with E-state index in [4.69, 9.17) is 4.74 Å². The Kier molecular flexibility index (Phi) is 5.65.